The molecule has 2 aliphatic rings. The Balaban J connectivity index is 0.00000300. The number of ether oxygens (including phenoxy) is 2. The van der Waals surface area contributed by atoms with Crippen LogP contribution >= 0.6 is 35.6 Å². The number of hydrogen-bond donors (Lipinski definition) is 2. The summed E-state index contributed by atoms with van der Waals surface area (Å²) < 4.78 is 11.1. The van der Waals surface area contributed by atoms with E-state index in [1.54, 1.807) is 0 Å². The number of aliphatic imine (C=N–C) groups is 1. The molecule has 8 heteroatoms. The van der Waals surface area contributed by atoms with E-state index in [4.69, 9.17) is 26.1 Å². The first-order valence-corrected chi connectivity index (χ1v) is 10.8. The first-order chi connectivity index (χ1) is 13.7. The molecule has 0 aromatic heterocycles. The summed E-state index contributed by atoms with van der Waals surface area (Å²) in [5.41, 5.74) is 1.18. The predicted octanol–water partition coefficient (Wildman–Crippen LogP) is 3.54. The third-order valence-corrected chi connectivity index (χ3v) is 5.38. The Kier molecular flexibility index (Phi) is 11.4. The van der Waals surface area contributed by atoms with Crippen molar-refractivity contribution in [2.24, 2.45) is 10.9 Å². The number of anilines is 1. The van der Waals surface area contributed by atoms with E-state index in [1.807, 2.05) is 18.2 Å². The lowest BCUT2D eigenvalue weighted by molar-refractivity contribution is 0.0893. The van der Waals surface area contributed by atoms with Gasteiger partial charge in [0.15, 0.2) is 5.96 Å². The van der Waals surface area contributed by atoms with Gasteiger partial charge in [-0.15, -0.1) is 24.0 Å². The van der Waals surface area contributed by atoms with Gasteiger partial charge < -0.3 is 25.0 Å². The highest BCUT2D eigenvalue weighted by atomic mass is 127. The molecule has 2 atom stereocenters. The minimum absolute atomic E-state index is 0. The van der Waals surface area contributed by atoms with E-state index in [1.165, 1.54) is 5.69 Å². The fourth-order valence-corrected chi connectivity index (χ4v) is 3.81. The van der Waals surface area contributed by atoms with Crippen LogP contribution in [-0.4, -0.2) is 64.6 Å². The third-order valence-electron chi connectivity index (χ3n) is 5.14. The molecule has 2 fully saturated rings. The number of rotatable bonds is 9. The van der Waals surface area contributed by atoms with Crippen LogP contribution in [0, 0.1) is 5.92 Å². The molecule has 0 radical (unpaired) electrons. The molecule has 6 nitrogen and oxygen atoms in total. The molecule has 2 saturated heterocycles. The van der Waals surface area contributed by atoms with Crippen molar-refractivity contribution in [1.29, 1.82) is 0 Å². The summed E-state index contributed by atoms with van der Waals surface area (Å²) in [6, 6.07) is 8.45. The number of guanidine groups is 1. The van der Waals surface area contributed by atoms with Gasteiger partial charge in [-0.25, -0.2) is 0 Å². The predicted molar refractivity (Wildman–Crippen MR) is 131 cm³/mol. The maximum absolute atomic E-state index is 6.13. The number of halogens is 2. The molecule has 2 N–H and O–H groups in total. The van der Waals surface area contributed by atoms with Crippen molar-refractivity contribution in [3.8, 4) is 0 Å². The summed E-state index contributed by atoms with van der Waals surface area (Å²) in [5.74, 6) is 1.47. The minimum Gasteiger partial charge on any atom is -0.381 e. The summed E-state index contributed by atoms with van der Waals surface area (Å²) in [7, 11) is 0. The second-order valence-corrected chi connectivity index (χ2v) is 7.91. The first kappa shape index (κ1) is 24.5. The Bertz CT molecular complexity index is 628. The summed E-state index contributed by atoms with van der Waals surface area (Å²) in [5, 5.41) is 7.71. The monoisotopic (exact) mass is 536 g/mol. The average Bonchev–Trinajstić information content (AvgIpc) is 3.37. The number of nitrogens with one attached hydrogen (secondary N) is 2. The van der Waals surface area contributed by atoms with E-state index in [2.05, 4.69) is 28.5 Å². The Hall–Kier alpha value is -0.770. The van der Waals surface area contributed by atoms with Gasteiger partial charge in [0.2, 0.25) is 0 Å². The summed E-state index contributed by atoms with van der Waals surface area (Å²) in [4.78, 5) is 7.08. The van der Waals surface area contributed by atoms with Gasteiger partial charge in [0.05, 0.1) is 13.2 Å². The van der Waals surface area contributed by atoms with E-state index in [-0.39, 0.29) is 24.0 Å². The van der Waals surface area contributed by atoms with Crippen LogP contribution in [0.4, 0.5) is 5.69 Å². The first-order valence-electron chi connectivity index (χ1n) is 10.5. The summed E-state index contributed by atoms with van der Waals surface area (Å²) in [6.07, 6.45) is 3.15. The molecule has 1 aromatic carbocycles. The van der Waals surface area contributed by atoms with Gasteiger partial charge in [-0.2, -0.15) is 0 Å². The SMILES string of the molecule is CCNC(=NCCCOCC1CCOC1)NC1CCN(c2cccc(Cl)c2)C1.I. The molecule has 0 bridgehead atoms. The highest BCUT2D eigenvalue weighted by Gasteiger charge is 2.23. The van der Waals surface area contributed by atoms with Crippen LogP contribution in [0.3, 0.4) is 0 Å². The fourth-order valence-electron chi connectivity index (χ4n) is 3.62. The van der Waals surface area contributed by atoms with Gasteiger partial charge in [-0.3, -0.25) is 4.99 Å². The normalized spacial score (nSPS) is 21.9. The molecule has 2 unspecified atom stereocenters. The van der Waals surface area contributed by atoms with Crippen molar-refractivity contribution < 1.29 is 9.47 Å². The maximum atomic E-state index is 6.13. The molecule has 0 saturated carbocycles. The smallest absolute Gasteiger partial charge is 0.191 e. The second kappa shape index (κ2) is 13.5. The van der Waals surface area contributed by atoms with Crippen molar-refractivity contribution in [2.45, 2.75) is 32.2 Å². The summed E-state index contributed by atoms with van der Waals surface area (Å²) >= 11 is 6.13. The quantitative estimate of drug-likeness (QED) is 0.219. The molecule has 164 valence electrons. The zero-order valence-corrected chi connectivity index (χ0v) is 20.3. The minimum atomic E-state index is 0. The van der Waals surface area contributed by atoms with Crippen molar-refractivity contribution in [1.82, 2.24) is 10.6 Å². The van der Waals surface area contributed by atoms with Gasteiger partial charge in [-0.05, 0) is 44.4 Å². The van der Waals surface area contributed by atoms with E-state index >= 15 is 0 Å². The molecular formula is C21H34ClIN4O2. The molecular weight excluding hydrogens is 503 g/mol. The molecule has 0 spiro atoms. The standard InChI is InChI=1S/C21H33ClN4O2.HI/c1-2-23-21(24-9-4-11-27-15-17-8-12-28-16-17)25-19-7-10-26(14-19)20-6-3-5-18(22)13-20;/h3,5-6,13,17,19H,2,4,7-12,14-16H2,1H3,(H2,23,24,25);1H. The van der Waals surface area contributed by atoms with Crippen LogP contribution in [0.1, 0.15) is 26.2 Å². The number of benzene rings is 1. The van der Waals surface area contributed by atoms with Gasteiger partial charge in [0.1, 0.15) is 0 Å². The van der Waals surface area contributed by atoms with Crippen LogP contribution < -0.4 is 15.5 Å². The Morgan fingerprint density at radius 1 is 1.38 bits per heavy atom. The van der Waals surface area contributed by atoms with Crippen LogP contribution in [0.25, 0.3) is 0 Å². The van der Waals surface area contributed by atoms with Crippen molar-refractivity contribution in [3.05, 3.63) is 29.3 Å². The lowest BCUT2D eigenvalue weighted by Gasteiger charge is -2.20. The van der Waals surface area contributed by atoms with E-state index in [0.717, 1.165) is 82.9 Å². The van der Waals surface area contributed by atoms with Gasteiger partial charge >= 0.3 is 0 Å². The zero-order valence-electron chi connectivity index (χ0n) is 17.2. The van der Waals surface area contributed by atoms with E-state index in [0.29, 0.717) is 12.0 Å². The largest absolute Gasteiger partial charge is 0.381 e. The topological polar surface area (TPSA) is 58.1 Å². The third kappa shape index (κ3) is 8.47. The average molecular weight is 537 g/mol. The Morgan fingerprint density at radius 3 is 3.03 bits per heavy atom. The van der Waals surface area contributed by atoms with Crippen molar-refractivity contribution in [2.75, 3.05) is 57.5 Å². The molecule has 0 aliphatic carbocycles. The molecule has 2 aliphatic heterocycles. The molecule has 2 heterocycles. The highest BCUT2D eigenvalue weighted by molar-refractivity contribution is 14.0. The van der Waals surface area contributed by atoms with Gasteiger partial charge in [0, 0.05) is 62.1 Å². The highest BCUT2D eigenvalue weighted by Crippen LogP contribution is 2.23. The number of nitrogens with zero attached hydrogens (tertiary/aromatic N) is 2. The van der Waals surface area contributed by atoms with Crippen LogP contribution in [0.2, 0.25) is 5.02 Å². The summed E-state index contributed by atoms with van der Waals surface area (Å²) in [6.45, 7) is 8.99. The van der Waals surface area contributed by atoms with Crippen molar-refractivity contribution in [3.63, 3.8) is 0 Å². The fraction of sp³-hybridized carbons (Fsp3) is 0.667. The van der Waals surface area contributed by atoms with Crippen LogP contribution in [-0.2, 0) is 9.47 Å². The van der Waals surface area contributed by atoms with Crippen LogP contribution in [0.5, 0.6) is 0 Å². The number of hydrogen-bond acceptors (Lipinski definition) is 4. The zero-order chi connectivity index (χ0) is 19.6. The second-order valence-electron chi connectivity index (χ2n) is 7.47. The van der Waals surface area contributed by atoms with E-state index < -0.39 is 0 Å². The molecule has 0 amide bonds. The Morgan fingerprint density at radius 2 is 2.28 bits per heavy atom. The van der Waals surface area contributed by atoms with Gasteiger partial charge in [0.25, 0.3) is 0 Å². The van der Waals surface area contributed by atoms with Gasteiger partial charge in [-0.1, -0.05) is 17.7 Å². The molecule has 29 heavy (non-hydrogen) atoms. The van der Waals surface area contributed by atoms with E-state index in [9.17, 15) is 0 Å². The maximum Gasteiger partial charge on any atom is 0.191 e. The lowest BCUT2D eigenvalue weighted by atomic mass is 10.1. The van der Waals surface area contributed by atoms with Crippen molar-refractivity contribution >= 4 is 47.2 Å². The molecule has 3 rings (SSSR count). The van der Waals surface area contributed by atoms with Crippen LogP contribution in [0.15, 0.2) is 29.3 Å². The lowest BCUT2D eigenvalue weighted by Crippen LogP contribution is -2.44. The molecule has 1 aromatic rings. The Labute approximate surface area is 196 Å².